The summed E-state index contributed by atoms with van der Waals surface area (Å²) in [6.45, 7) is 0. The maximum Gasteiger partial charge on any atom is 0.328 e. The molecule has 0 bridgehead atoms. The summed E-state index contributed by atoms with van der Waals surface area (Å²) in [7, 11) is 0. The lowest BCUT2D eigenvalue weighted by Gasteiger charge is -2.07. The van der Waals surface area contributed by atoms with E-state index in [1.54, 1.807) is 18.2 Å². The molecule has 0 aromatic heterocycles. The highest BCUT2D eigenvalue weighted by atomic mass is 79.9. The minimum atomic E-state index is -1.02. The van der Waals surface area contributed by atoms with Crippen molar-refractivity contribution in [3.05, 3.63) is 63.6 Å². The predicted molar refractivity (Wildman–Crippen MR) is 82.3 cm³/mol. The van der Waals surface area contributed by atoms with Crippen LogP contribution >= 0.6 is 27.5 Å². The van der Waals surface area contributed by atoms with Crippen LogP contribution in [0.3, 0.4) is 0 Å². The Morgan fingerprint density at radius 3 is 2.40 bits per heavy atom. The van der Waals surface area contributed by atoms with Gasteiger partial charge in [0, 0.05) is 10.5 Å². The van der Waals surface area contributed by atoms with Gasteiger partial charge in [0.25, 0.3) is 0 Å². The molecule has 0 radical (unpaired) electrons. The fraction of sp³-hybridized carbons (Fsp3) is 0. The number of carbonyl (C=O) groups is 1. The molecule has 0 aliphatic heterocycles. The fourth-order valence-corrected chi connectivity index (χ4v) is 2.00. The topological polar surface area (TPSA) is 46.5 Å². The molecule has 0 atom stereocenters. The van der Waals surface area contributed by atoms with Crippen molar-refractivity contribution >= 4 is 39.6 Å². The van der Waals surface area contributed by atoms with Gasteiger partial charge in [0.05, 0.1) is 5.02 Å². The number of ether oxygens (including phenoxy) is 1. The van der Waals surface area contributed by atoms with Gasteiger partial charge in [-0.25, -0.2) is 4.79 Å². The standard InChI is InChI=1S/C15H10BrClO3/c16-11-3-6-12(7-4-11)20-13-5-1-10(14(17)9-13)2-8-15(18)19/h1-9H,(H,18,19)/b8-2+. The summed E-state index contributed by atoms with van der Waals surface area (Å²) in [4.78, 5) is 10.5. The first-order valence-corrected chi connectivity index (χ1v) is 6.85. The molecule has 0 aliphatic carbocycles. The van der Waals surface area contributed by atoms with Gasteiger partial charge in [-0.05, 0) is 54.1 Å². The van der Waals surface area contributed by atoms with Crippen molar-refractivity contribution in [1.82, 2.24) is 0 Å². The van der Waals surface area contributed by atoms with E-state index in [2.05, 4.69) is 15.9 Å². The molecule has 0 spiro atoms. The number of carboxylic acids is 1. The normalized spacial score (nSPS) is 10.7. The van der Waals surface area contributed by atoms with E-state index in [1.165, 1.54) is 6.08 Å². The Bertz CT molecular complexity index is 651. The van der Waals surface area contributed by atoms with Gasteiger partial charge >= 0.3 is 5.97 Å². The second kappa shape index (κ2) is 6.59. The van der Waals surface area contributed by atoms with Crippen molar-refractivity contribution in [1.29, 1.82) is 0 Å². The first-order chi connectivity index (χ1) is 9.54. The van der Waals surface area contributed by atoms with Crippen LogP contribution in [0.25, 0.3) is 6.08 Å². The smallest absolute Gasteiger partial charge is 0.328 e. The molecule has 0 saturated carbocycles. The van der Waals surface area contributed by atoms with Crippen LogP contribution in [0.5, 0.6) is 11.5 Å². The Balaban J connectivity index is 2.16. The third-order valence-electron chi connectivity index (χ3n) is 2.43. The second-order valence-corrected chi connectivity index (χ2v) is 5.23. The SMILES string of the molecule is O=C(O)/C=C/c1ccc(Oc2ccc(Br)cc2)cc1Cl. The average Bonchev–Trinajstić information content (AvgIpc) is 2.40. The summed E-state index contributed by atoms with van der Waals surface area (Å²) in [5.74, 6) is 0.263. The first-order valence-electron chi connectivity index (χ1n) is 5.68. The highest BCUT2D eigenvalue weighted by Crippen LogP contribution is 2.28. The molecule has 0 heterocycles. The molecule has 0 aliphatic rings. The Hall–Kier alpha value is -1.78. The molecule has 0 amide bonds. The average molecular weight is 354 g/mol. The molecule has 0 saturated heterocycles. The van der Waals surface area contributed by atoms with Gasteiger partial charge < -0.3 is 9.84 Å². The van der Waals surface area contributed by atoms with Crippen LogP contribution in [0.4, 0.5) is 0 Å². The van der Waals surface area contributed by atoms with Crippen molar-refractivity contribution < 1.29 is 14.6 Å². The number of hydrogen-bond acceptors (Lipinski definition) is 2. The van der Waals surface area contributed by atoms with Crippen molar-refractivity contribution in [2.24, 2.45) is 0 Å². The van der Waals surface area contributed by atoms with Gasteiger partial charge in [-0.3, -0.25) is 0 Å². The van der Waals surface area contributed by atoms with Gasteiger partial charge in [-0.15, -0.1) is 0 Å². The van der Waals surface area contributed by atoms with Crippen LogP contribution in [0.15, 0.2) is 53.0 Å². The number of aliphatic carboxylic acids is 1. The summed E-state index contributed by atoms with van der Waals surface area (Å²) < 4.78 is 6.62. The van der Waals surface area contributed by atoms with Crippen LogP contribution in [0.1, 0.15) is 5.56 Å². The van der Waals surface area contributed by atoms with E-state index in [-0.39, 0.29) is 0 Å². The quantitative estimate of drug-likeness (QED) is 0.787. The highest BCUT2D eigenvalue weighted by Gasteiger charge is 2.02. The largest absolute Gasteiger partial charge is 0.478 e. The number of halogens is 2. The van der Waals surface area contributed by atoms with Gasteiger partial charge in [0.15, 0.2) is 0 Å². The molecule has 5 heteroatoms. The Morgan fingerprint density at radius 2 is 1.80 bits per heavy atom. The summed E-state index contributed by atoms with van der Waals surface area (Å²) in [5, 5.41) is 9.01. The molecule has 2 aromatic carbocycles. The lowest BCUT2D eigenvalue weighted by molar-refractivity contribution is -0.131. The van der Waals surface area contributed by atoms with E-state index in [0.29, 0.717) is 22.1 Å². The summed E-state index contributed by atoms with van der Waals surface area (Å²) in [6, 6.07) is 12.5. The number of benzene rings is 2. The molecule has 0 fully saturated rings. The molecule has 102 valence electrons. The first kappa shape index (κ1) is 14.6. The Kier molecular flexibility index (Phi) is 4.82. The fourth-order valence-electron chi connectivity index (χ4n) is 1.51. The monoisotopic (exact) mass is 352 g/mol. The van der Waals surface area contributed by atoms with Gasteiger partial charge in [-0.1, -0.05) is 27.5 Å². The summed E-state index contributed by atoms with van der Waals surface area (Å²) >= 11 is 9.42. The van der Waals surface area contributed by atoms with Crippen molar-refractivity contribution in [3.63, 3.8) is 0 Å². The maximum absolute atomic E-state index is 10.5. The van der Waals surface area contributed by atoms with E-state index >= 15 is 0 Å². The Morgan fingerprint density at radius 1 is 1.15 bits per heavy atom. The second-order valence-electron chi connectivity index (χ2n) is 3.91. The molecule has 2 rings (SSSR count). The third-order valence-corrected chi connectivity index (χ3v) is 3.28. The van der Waals surface area contributed by atoms with Crippen LogP contribution in [-0.2, 0) is 4.79 Å². The third kappa shape index (κ3) is 4.11. The van der Waals surface area contributed by atoms with Gasteiger partial charge in [0.2, 0.25) is 0 Å². The van der Waals surface area contributed by atoms with E-state index in [4.69, 9.17) is 21.4 Å². The van der Waals surface area contributed by atoms with E-state index in [0.717, 1.165) is 10.5 Å². The zero-order chi connectivity index (χ0) is 14.5. The number of carboxylic acid groups (broad SMARTS) is 1. The van der Waals surface area contributed by atoms with Gasteiger partial charge in [-0.2, -0.15) is 0 Å². The molecule has 1 N–H and O–H groups in total. The van der Waals surface area contributed by atoms with Crippen LogP contribution in [0, 0.1) is 0 Å². The lowest BCUT2D eigenvalue weighted by atomic mass is 10.2. The minimum absolute atomic E-state index is 0.428. The van der Waals surface area contributed by atoms with Crippen LogP contribution < -0.4 is 4.74 Å². The van der Waals surface area contributed by atoms with Crippen LogP contribution in [0.2, 0.25) is 5.02 Å². The molecule has 2 aromatic rings. The van der Waals surface area contributed by atoms with Crippen LogP contribution in [-0.4, -0.2) is 11.1 Å². The summed E-state index contributed by atoms with van der Waals surface area (Å²) in [5.41, 5.74) is 0.622. The molecule has 20 heavy (non-hydrogen) atoms. The molecule has 3 nitrogen and oxygen atoms in total. The molecular formula is C15H10BrClO3. The zero-order valence-electron chi connectivity index (χ0n) is 10.2. The van der Waals surface area contributed by atoms with Gasteiger partial charge in [0.1, 0.15) is 11.5 Å². The number of rotatable bonds is 4. The summed E-state index contributed by atoms with van der Waals surface area (Å²) in [6.07, 6.45) is 2.48. The van der Waals surface area contributed by atoms with Crippen molar-refractivity contribution in [3.8, 4) is 11.5 Å². The number of hydrogen-bond donors (Lipinski definition) is 1. The molecular weight excluding hydrogens is 344 g/mol. The highest BCUT2D eigenvalue weighted by molar-refractivity contribution is 9.10. The van der Waals surface area contributed by atoms with Crippen molar-refractivity contribution in [2.75, 3.05) is 0 Å². The van der Waals surface area contributed by atoms with E-state index < -0.39 is 5.97 Å². The van der Waals surface area contributed by atoms with E-state index in [9.17, 15) is 4.79 Å². The van der Waals surface area contributed by atoms with Crippen molar-refractivity contribution in [2.45, 2.75) is 0 Å². The lowest BCUT2D eigenvalue weighted by Crippen LogP contribution is -1.87. The minimum Gasteiger partial charge on any atom is -0.478 e. The van der Waals surface area contributed by atoms with E-state index in [1.807, 2.05) is 24.3 Å². The zero-order valence-corrected chi connectivity index (χ0v) is 12.6. The predicted octanol–water partition coefficient (Wildman–Crippen LogP) is 4.99. The molecule has 0 unspecified atom stereocenters. The Labute approximate surface area is 129 Å². The maximum atomic E-state index is 10.5.